The minimum absolute atomic E-state index is 0.716. The fourth-order valence-electron chi connectivity index (χ4n) is 4.42. The summed E-state index contributed by atoms with van der Waals surface area (Å²) < 4.78 is 0. The van der Waals surface area contributed by atoms with E-state index in [1.54, 1.807) is 0 Å². The van der Waals surface area contributed by atoms with Gasteiger partial charge >= 0.3 is 0 Å². The Kier molecular flexibility index (Phi) is 15.1. The lowest BCUT2D eigenvalue weighted by Crippen LogP contribution is -2.30. The summed E-state index contributed by atoms with van der Waals surface area (Å²) in [6, 6.07) is 14.8. The van der Waals surface area contributed by atoms with E-state index < -0.39 is 0 Å². The van der Waals surface area contributed by atoms with E-state index in [9.17, 15) is 0 Å². The van der Waals surface area contributed by atoms with Crippen molar-refractivity contribution in [3.05, 3.63) is 89.1 Å². The second kappa shape index (κ2) is 17.2. The first-order valence-electron chi connectivity index (χ1n) is 13.6. The van der Waals surface area contributed by atoms with Crippen LogP contribution in [0.2, 0.25) is 0 Å². The second-order valence-corrected chi connectivity index (χ2v) is 10.0. The van der Waals surface area contributed by atoms with Crippen molar-refractivity contribution in [2.75, 3.05) is 26.2 Å². The fraction of sp³-hybridized carbons (Fsp3) is 0.515. The highest BCUT2D eigenvalue weighted by Crippen LogP contribution is 2.24. The molecule has 0 radical (unpaired) electrons. The monoisotopic (exact) mass is 476 g/mol. The van der Waals surface area contributed by atoms with E-state index in [0.717, 1.165) is 25.2 Å². The summed E-state index contributed by atoms with van der Waals surface area (Å²) in [6.07, 6.45) is 6.41. The molecule has 1 saturated heterocycles. The van der Waals surface area contributed by atoms with Crippen LogP contribution in [0.4, 0.5) is 0 Å². The Morgan fingerprint density at radius 1 is 0.857 bits per heavy atom. The Bertz CT molecular complexity index is 857. The van der Waals surface area contributed by atoms with Crippen molar-refractivity contribution in [2.24, 2.45) is 5.92 Å². The van der Waals surface area contributed by atoms with Gasteiger partial charge in [0.25, 0.3) is 0 Å². The maximum Gasteiger partial charge on any atom is 0.0300 e. The van der Waals surface area contributed by atoms with Gasteiger partial charge in [-0.25, -0.2) is 0 Å². The number of nitrogens with zero attached hydrogens (tertiary/aromatic N) is 1. The van der Waals surface area contributed by atoms with Gasteiger partial charge in [-0.15, -0.1) is 0 Å². The third-order valence-corrected chi connectivity index (χ3v) is 6.77. The van der Waals surface area contributed by atoms with Crippen LogP contribution in [0.3, 0.4) is 0 Å². The fourth-order valence-corrected chi connectivity index (χ4v) is 4.42. The minimum atomic E-state index is 0.716. The van der Waals surface area contributed by atoms with Gasteiger partial charge in [0.15, 0.2) is 0 Å². The van der Waals surface area contributed by atoms with Crippen LogP contribution in [0.25, 0.3) is 5.57 Å². The molecule has 194 valence electrons. The smallest absolute Gasteiger partial charge is 0.0300 e. The zero-order chi connectivity index (χ0) is 26.2. The summed E-state index contributed by atoms with van der Waals surface area (Å²) in [5.74, 6) is 0.716. The van der Waals surface area contributed by atoms with Crippen molar-refractivity contribution >= 4 is 5.57 Å². The van der Waals surface area contributed by atoms with Crippen molar-refractivity contribution in [3.63, 3.8) is 0 Å². The van der Waals surface area contributed by atoms with E-state index >= 15 is 0 Å². The summed E-state index contributed by atoms with van der Waals surface area (Å²) in [4.78, 5) is 2.51. The van der Waals surface area contributed by atoms with Gasteiger partial charge in [0.1, 0.15) is 0 Å². The van der Waals surface area contributed by atoms with E-state index in [2.05, 4.69) is 107 Å². The molecule has 1 aliphatic heterocycles. The summed E-state index contributed by atoms with van der Waals surface area (Å²) in [5.41, 5.74) is 9.17. The molecule has 0 saturated carbocycles. The van der Waals surface area contributed by atoms with Gasteiger partial charge in [0.2, 0.25) is 0 Å². The van der Waals surface area contributed by atoms with E-state index in [1.165, 1.54) is 72.2 Å². The number of hydrogen-bond donors (Lipinski definition) is 1. The number of nitrogens with one attached hydrogen (secondary N) is 1. The van der Waals surface area contributed by atoms with Gasteiger partial charge in [-0.1, -0.05) is 93.4 Å². The van der Waals surface area contributed by atoms with E-state index in [-0.39, 0.29) is 0 Å². The van der Waals surface area contributed by atoms with Gasteiger partial charge in [-0.05, 0) is 88.6 Å². The number of allylic oxidation sites excluding steroid dienone is 2. The lowest BCUT2D eigenvalue weighted by Gasteiger charge is -2.30. The highest BCUT2D eigenvalue weighted by atomic mass is 15.2. The van der Waals surface area contributed by atoms with Crippen LogP contribution in [0.1, 0.15) is 80.7 Å². The molecule has 2 nitrogen and oxygen atoms in total. The van der Waals surface area contributed by atoms with Crippen molar-refractivity contribution < 1.29 is 0 Å². The summed E-state index contributed by atoms with van der Waals surface area (Å²) in [5, 5.41) is 3.45. The number of aryl methyl sites for hydroxylation is 4. The molecule has 2 heteroatoms. The molecule has 0 amide bonds. The number of rotatable bonds is 7. The highest BCUT2D eigenvalue weighted by molar-refractivity contribution is 5.64. The largest absolute Gasteiger partial charge is 0.374 e. The molecule has 3 rings (SSSR count). The molecule has 1 heterocycles. The molecule has 2 aromatic rings. The number of hydrogen-bond acceptors (Lipinski definition) is 2. The maximum atomic E-state index is 4.36. The van der Waals surface area contributed by atoms with Crippen LogP contribution in [-0.4, -0.2) is 31.1 Å². The Balaban J connectivity index is 0.000000279. The van der Waals surface area contributed by atoms with E-state index in [1.807, 2.05) is 6.92 Å². The van der Waals surface area contributed by atoms with Gasteiger partial charge in [-0.2, -0.15) is 0 Å². The third-order valence-electron chi connectivity index (χ3n) is 6.77. The molecule has 0 aromatic heterocycles. The molecular weight excluding hydrogens is 424 g/mol. The first kappa shape index (κ1) is 30.7. The van der Waals surface area contributed by atoms with Crippen molar-refractivity contribution in [3.8, 4) is 0 Å². The molecule has 0 bridgehead atoms. The van der Waals surface area contributed by atoms with Crippen molar-refractivity contribution in [1.82, 2.24) is 10.2 Å². The van der Waals surface area contributed by atoms with Crippen molar-refractivity contribution in [1.29, 1.82) is 0 Å². The lowest BCUT2D eigenvalue weighted by atomic mass is 9.94. The van der Waals surface area contributed by atoms with Gasteiger partial charge in [-0.3, -0.25) is 0 Å². The Labute approximate surface area is 217 Å². The van der Waals surface area contributed by atoms with Gasteiger partial charge in [0.05, 0.1) is 0 Å². The van der Waals surface area contributed by atoms with Crippen LogP contribution in [0.5, 0.6) is 0 Å². The predicted octanol–water partition coefficient (Wildman–Crippen LogP) is 8.65. The standard InChI is InChI=1S/C14H28N2.C11H14.C8H10/c1-4-7-14(8-5-2)13(3)16-11-6-9-15-10-12-16;1-8(2)11-7-9(3)5-6-10(11)4;1-7-5-3-4-6-8(7)2/h14-15H,3-12H2,1-2H3;5-7H,1H2,2-4H3;3-6H,1-2H3. The second-order valence-electron chi connectivity index (χ2n) is 10.0. The SMILES string of the molecule is C=C(C(CCC)CCC)N1CCCNCC1.C=C(C)c1cc(C)ccc1C.Cc1ccccc1C. The molecule has 0 unspecified atom stereocenters. The molecule has 1 aliphatic rings. The van der Waals surface area contributed by atoms with Crippen LogP contribution >= 0.6 is 0 Å². The molecule has 2 aromatic carbocycles. The summed E-state index contributed by atoms with van der Waals surface area (Å²) in [7, 11) is 0. The molecule has 35 heavy (non-hydrogen) atoms. The zero-order valence-corrected chi connectivity index (χ0v) is 23.8. The van der Waals surface area contributed by atoms with Gasteiger partial charge < -0.3 is 10.2 Å². The van der Waals surface area contributed by atoms with Crippen LogP contribution in [-0.2, 0) is 0 Å². The highest BCUT2D eigenvalue weighted by Gasteiger charge is 2.17. The summed E-state index contributed by atoms with van der Waals surface area (Å²) in [6.45, 7) is 27.9. The third kappa shape index (κ3) is 11.8. The minimum Gasteiger partial charge on any atom is -0.374 e. The first-order chi connectivity index (χ1) is 16.7. The molecule has 0 spiro atoms. The van der Waals surface area contributed by atoms with Gasteiger partial charge in [0, 0.05) is 25.3 Å². The van der Waals surface area contributed by atoms with Crippen molar-refractivity contribution in [2.45, 2.75) is 80.6 Å². The average molecular weight is 477 g/mol. The molecule has 0 aliphatic carbocycles. The van der Waals surface area contributed by atoms with Crippen LogP contribution in [0, 0.1) is 33.6 Å². The molecule has 1 fully saturated rings. The zero-order valence-electron chi connectivity index (χ0n) is 23.8. The Morgan fingerprint density at radius 2 is 1.46 bits per heavy atom. The molecule has 0 atom stereocenters. The topological polar surface area (TPSA) is 15.3 Å². The lowest BCUT2D eigenvalue weighted by molar-refractivity contribution is 0.303. The number of benzene rings is 2. The van der Waals surface area contributed by atoms with Crippen LogP contribution in [0.15, 0.2) is 61.3 Å². The predicted molar refractivity (Wildman–Crippen MR) is 158 cm³/mol. The quantitative estimate of drug-likeness (QED) is 0.430. The Morgan fingerprint density at radius 3 is 1.94 bits per heavy atom. The normalized spacial score (nSPS) is 13.2. The van der Waals surface area contributed by atoms with Crippen LogP contribution < -0.4 is 5.32 Å². The molecular formula is C33H52N2. The Hall–Kier alpha value is -2.32. The first-order valence-corrected chi connectivity index (χ1v) is 13.6. The summed E-state index contributed by atoms with van der Waals surface area (Å²) >= 11 is 0. The molecule has 1 N–H and O–H groups in total. The van der Waals surface area contributed by atoms with E-state index in [0.29, 0.717) is 5.92 Å². The maximum absolute atomic E-state index is 4.36. The van der Waals surface area contributed by atoms with E-state index in [4.69, 9.17) is 0 Å². The average Bonchev–Trinajstić information content (AvgIpc) is 3.12.